The first kappa shape index (κ1) is 12.8. The first-order chi connectivity index (χ1) is 10.1. The molecule has 1 saturated carbocycles. The van der Waals surface area contributed by atoms with Crippen LogP contribution in [0.1, 0.15) is 48.8 Å². The molecule has 1 unspecified atom stereocenters. The minimum Gasteiger partial charge on any atom is -0.366 e. The summed E-state index contributed by atoms with van der Waals surface area (Å²) >= 11 is 0. The number of para-hydroxylation sites is 1. The number of H-pyrrole nitrogens is 1. The summed E-state index contributed by atoms with van der Waals surface area (Å²) in [5, 5.41) is 0. The van der Waals surface area contributed by atoms with E-state index < -0.39 is 5.91 Å². The summed E-state index contributed by atoms with van der Waals surface area (Å²) in [7, 11) is 0. The van der Waals surface area contributed by atoms with Crippen molar-refractivity contribution in [3.63, 3.8) is 0 Å². The van der Waals surface area contributed by atoms with E-state index >= 15 is 0 Å². The van der Waals surface area contributed by atoms with Gasteiger partial charge in [0, 0.05) is 12.6 Å². The van der Waals surface area contributed by atoms with Gasteiger partial charge in [-0.15, -0.1) is 0 Å². The number of carbonyl (C=O) groups is 1. The number of hydrogen-bond donors (Lipinski definition) is 2. The molecule has 2 heterocycles. The molecule has 0 radical (unpaired) electrons. The van der Waals surface area contributed by atoms with Gasteiger partial charge in [-0.2, -0.15) is 0 Å². The SMILES string of the molecule is CC1(c2nc3c(C(N)=O)cccc3[nH]2)CCN1C1CCC1. The number of hydrogen-bond acceptors (Lipinski definition) is 3. The third kappa shape index (κ3) is 1.73. The summed E-state index contributed by atoms with van der Waals surface area (Å²) in [6, 6.07) is 6.24. The van der Waals surface area contributed by atoms with Crippen molar-refractivity contribution in [3.8, 4) is 0 Å². The maximum atomic E-state index is 11.5. The van der Waals surface area contributed by atoms with Crippen LogP contribution >= 0.6 is 0 Å². The molecule has 3 N–H and O–H groups in total. The Balaban J connectivity index is 1.77. The standard InChI is InChI=1S/C16H20N4O/c1-16(8-9-20(16)10-4-2-5-10)15-18-12-7-3-6-11(14(17)21)13(12)19-15/h3,6-7,10H,2,4-5,8-9H2,1H3,(H2,17,21)(H,18,19). The second-order valence-electron chi connectivity index (χ2n) is 6.45. The number of aromatic nitrogens is 2. The highest BCUT2D eigenvalue weighted by Crippen LogP contribution is 2.45. The van der Waals surface area contributed by atoms with Crippen molar-refractivity contribution in [3.05, 3.63) is 29.6 Å². The zero-order valence-corrected chi connectivity index (χ0v) is 12.2. The van der Waals surface area contributed by atoms with Gasteiger partial charge < -0.3 is 10.7 Å². The van der Waals surface area contributed by atoms with Crippen molar-refractivity contribution in [1.82, 2.24) is 14.9 Å². The van der Waals surface area contributed by atoms with Crippen LogP contribution in [0.3, 0.4) is 0 Å². The van der Waals surface area contributed by atoms with Gasteiger partial charge in [-0.05, 0) is 38.3 Å². The van der Waals surface area contributed by atoms with Crippen molar-refractivity contribution >= 4 is 16.9 Å². The van der Waals surface area contributed by atoms with E-state index in [1.54, 1.807) is 6.07 Å². The van der Waals surface area contributed by atoms with Crippen LogP contribution in [0.4, 0.5) is 0 Å². The van der Waals surface area contributed by atoms with Gasteiger partial charge in [0.25, 0.3) is 5.91 Å². The summed E-state index contributed by atoms with van der Waals surface area (Å²) in [4.78, 5) is 22.2. The van der Waals surface area contributed by atoms with Crippen molar-refractivity contribution in [2.24, 2.45) is 5.73 Å². The molecule has 5 heteroatoms. The van der Waals surface area contributed by atoms with E-state index in [4.69, 9.17) is 10.7 Å². The zero-order chi connectivity index (χ0) is 14.6. The minimum absolute atomic E-state index is 0.0287. The molecule has 1 aromatic heterocycles. The predicted octanol–water partition coefficient (Wildman–Crippen LogP) is 2.14. The molecule has 0 spiro atoms. The molecule has 0 bridgehead atoms. The quantitative estimate of drug-likeness (QED) is 0.906. The van der Waals surface area contributed by atoms with Crippen LogP contribution in [0, 0.1) is 0 Å². The van der Waals surface area contributed by atoms with E-state index in [1.165, 1.54) is 19.3 Å². The average molecular weight is 284 g/mol. The van der Waals surface area contributed by atoms with Gasteiger partial charge >= 0.3 is 0 Å². The summed E-state index contributed by atoms with van der Waals surface area (Å²) in [6.45, 7) is 3.39. The molecule has 2 fully saturated rings. The number of amides is 1. The molecule has 1 aromatic carbocycles. The van der Waals surface area contributed by atoms with Gasteiger partial charge in [0.05, 0.1) is 16.6 Å². The molecule has 5 nitrogen and oxygen atoms in total. The summed E-state index contributed by atoms with van der Waals surface area (Å²) in [5.41, 5.74) is 7.50. The fraction of sp³-hybridized carbons (Fsp3) is 0.500. The Morgan fingerprint density at radius 3 is 2.86 bits per heavy atom. The summed E-state index contributed by atoms with van der Waals surface area (Å²) in [5.74, 6) is 0.539. The van der Waals surface area contributed by atoms with E-state index in [0.29, 0.717) is 17.1 Å². The predicted molar refractivity (Wildman–Crippen MR) is 80.9 cm³/mol. The second kappa shape index (κ2) is 4.31. The topological polar surface area (TPSA) is 75.0 Å². The molecule has 2 aromatic rings. The molecule has 21 heavy (non-hydrogen) atoms. The smallest absolute Gasteiger partial charge is 0.250 e. The van der Waals surface area contributed by atoms with Gasteiger partial charge in [-0.1, -0.05) is 12.5 Å². The number of carbonyl (C=O) groups excluding carboxylic acids is 1. The largest absolute Gasteiger partial charge is 0.366 e. The van der Waals surface area contributed by atoms with Gasteiger partial charge in [-0.3, -0.25) is 9.69 Å². The normalized spacial score (nSPS) is 26.5. The van der Waals surface area contributed by atoms with Crippen LogP contribution in [-0.4, -0.2) is 33.4 Å². The third-order valence-electron chi connectivity index (χ3n) is 5.28. The van der Waals surface area contributed by atoms with E-state index in [1.807, 2.05) is 12.1 Å². The van der Waals surface area contributed by atoms with E-state index in [0.717, 1.165) is 24.3 Å². The lowest BCUT2D eigenvalue weighted by molar-refractivity contribution is -0.0720. The highest BCUT2D eigenvalue weighted by molar-refractivity contribution is 6.04. The molecule has 110 valence electrons. The van der Waals surface area contributed by atoms with Crippen LogP contribution in [0.25, 0.3) is 11.0 Å². The number of aromatic amines is 1. The fourth-order valence-electron chi connectivity index (χ4n) is 3.60. The Labute approximate surface area is 123 Å². The lowest BCUT2D eigenvalue weighted by Gasteiger charge is -2.55. The van der Waals surface area contributed by atoms with Gasteiger partial charge in [0.15, 0.2) is 0 Å². The van der Waals surface area contributed by atoms with E-state index in [9.17, 15) is 4.79 Å². The number of fused-ring (bicyclic) bond motifs is 1. The van der Waals surface area contributed by atoms with Crippen molar-refractivity contribution in [2.45, 2.75) is 44.2 Å². The molecule has 4 rings (SSSR count). The molecule has 1 amide bonds. The molecule has 2 aliphatic rings. The zero-order valence-electron chi connectivity index (χ0n) is 12.2. The summed E-state index contributed by atoms with van der Waals surface area (Å²) in [6.07, 6.45) is 5.03. The average Bonchev–Trinajstić information content (AvgIpc) is 2.84. The number of imidazole rings is 1. The molecule has 1 atom stereocenters. The van der Waals surface area contributed by atoms with Crippen molar-refractivity contribution in [2.75, 3.05) is 6.54 Å². The second-order valence-corrected chi connectivity index (χ2v) is 6.45. The third-order valence-corrected chi connectivity index (χ3v) is 5.28. The number of primary amides is 1. The van der Waals surface area contributed by atoms with E-state index in [-0.39, 0.29) is 5.54 Å². The Hall–Kier alpha value is -1.88. The first-order valence-electron chi connectivity index (χ1n) is 7.65. The molecule has 1 aliphatic heterocycles. The van der Waals surface area contributed by atoms with Crippen LogP contribution in [0.15, 0.2) is 18.2 Å². The Morgan fingerprint density at radius 1 is 1.48 bits per heavy atom. The number of rotatable bonds is 3. The minimum atomic E-state index is -0.423. The number of likely N-dealkylation sites (tertiary alicyclic amines) is 1. The monoisotopic (exact) mass is 284 g/mol. The van der Waals surface area contributed by atoms with Gasteiger partial charge in [0.1, 0.15) is 11.3 Å². The number of nitrogens with zero attached hydrogens (tertiary/aromatic N) is 2. The van der Waals surface area contributed by atoms with Crippen LogP contribution in [0.5, 0.6) is 0 Å². The Bertz CT molecular complexity index is 718. The number of benzene rings is 1. The van der Waals surface area contributed by atoms with Crippen LogP contribution < -0.4 is 5.73 Å². The highest BCUT2D eigenvalue weighted by Gasteiger charge is 2.48. The number of nitrogens with one attached hydrogen (secondary N) is 1. The lowest BCUT2D eigenvalue weighted by atomic mass is 9.78. The lowest BCUT2D eigenvalue weighted by Crippen LogP contribution is -2.61. The number of nitrogens with two attached hydrogens (primary N) is 1. The molecule has 1 saturated heterocycles. The van der Waals surface area contributed by atoms with E-state index in [2.05, 4.69) is 16.8 Å². The van der Waals surface area contributed by atoms with Crippen molar-refractivity contribution < 1.29 is 4.79 Å². The molecular weight excluding hydrogens is 264 g/mol. The van der Waals surface area contributed by atoms with Gasteiger partial charge in [0.2, 0.25) is 0 Å². The molecule has 1 aliphatic carbocycles. The van der Waals surface area contributed by atoms with Gasteiger partial charge in [-0.25, -0.2) is 4.98 Å². The Kier molecular flexibility index (Phi) is 2.63. The maximum Gasteiger partial charge on any atom is 0.250 e. The van der Waals surface area contributed by atoms with Crippen LogP contribution in [0.2, 0.25) is 0 Å². The van der Waals surface area contributed by atoms with Crippen molar-refractivity contribution in [1.29, 1.82) is 0 Å². The fourth-order valence-corrected chi connectivity index (χ4v) is 3.60. The Morgan fingerprint density at radius 2 is 2.29 bits per heavy atom. The maximum absolute atomic E-state index is 11.5. The summed E-state index contributed by atoms with van der Waals surface area (Å²) < 4.78 is 0. The van der Waals surface area contributed by atoms with Crippen LogP contribution in [-0.2, 0) is 5.54 Å². The highest BCUT2D eigenvalue weighted by atomic mass is 16.1. The molecular formula is C16H20N4O. The first-order valence-corrected chi connectivity index (χ1v) is 7.65.